The number of methoxy groups -OCH3 is 1. The van der Waals surface area contributed by atoms with E-state index in [1.165, 1.54) is 13.2 Å². The lowest BCUT2D eigenvalue weighted by atomic mass is 10.0. The summed E-state index contributed by atoms with van der Waals surface area (Å²) < 4.78 is 21.2. The van der Waals surface area contributed by atoms with Gasteiger partial charge >= 0.3 is 17.9 Å². The fraction of sp³-hybridized carbons (Fsp3) is 0.286. The van der Waals surface area contributed by atoms with Gasteiger partial charge in [0.1, 0.15) is 17.6 Å². The summed E-state index contributed by atoms with van der Waals surface area (Å²) in [6.45, 7) is 4.33. The van der Waals surface area contributed by atoms with Crippen molar-refractivity contribution in [1.82, 2.24) is 0 Å². The number of unbranched alkanes of at least 4 members (excludes halogenated alkanes) is 4. The van der Waals surface area contributed by atoms with Gasteiger partial charge in [-0.3, -0.25) is 0 Å². The molecule has 42 heavy (non-hydrogen) atoms. The standard InChI is InChI=1S/C35H36O7/c1-25-24-32(42-34(25)37)8-6-4-3-5-7-23-40-30-18-16-29(17-19-30)35(38)41-31-20-14-28(15-21-31)27-12-9-26(10-13-27)11-22-33(36)39-2/h9-22,32H,1,3-8,23-24H2,2H3/b22-11+. The number of rotatable bonds is 14. The maximum Gasteiger partial charge on any atom is 0.343 e. The summed E-state index contributed by atoms with van der Waals surface area (Å²) in [6, 6.07) is 22.0. The molecule has 1 heterocycles. The average Bonchev–Trinajstić information content (AvgIpc) is 3.34. The van der Waals surface area contributed by atoms with E-state index in [1.54, 1.807) is 42.5 Å². The molecule has 218 valence electrons. The zero-order chi connectivity index (χ0) is 29.7. The molecule has 0 radical (unpaired) electrons. The van der Waals surface area contributed by atoms with Crippen LogP contribution >= 0.6 is 0 Å². The van der Waals surface area contributed by atoms with Gasteiger partial charge in [-0.1, -0.05) is 62.2 Å². The van der Waals surface area contributed by atoms with Crippen molar-refractivity contribution in [3.8, 4) is 22.6 Å². The number of hydrogen-bond donors (Lipinski definition) is 0. The first-order valence-corrected chi connectivity index (χ1v) is 14.2. The largest absolute Gasteiger partial charge is 0.494 e. The second-order valence-electron chi connectivity index (χ2n) is 10.2. The Bertz CT molecular complexity index is 1370. The summed E-state index contributed by atoms with van der Waals surface area (Å²) in [7, 11) is 1.34. The topological polar surface area (TPSA) is 88.1 Å². The van der Waals surface area contributed by atoms with E-state index in [1.807, 2.05) is 36.4 Å². The number of esters is 3. The molecule has 1 atom stereocenters. The molecule has 3 aromatic rings. The molecule has 0 aromatic heterocycles. The van der Waals surface area contributed by atoms with E-state index in [4.69, 9.17) is 14.2 Å². The van der Waals surface area contributed by atoms with Crippen LogP contribution in [-0.2, 0) is 19.1 Å². The highest BCUT2D eigenvalue weighted by Gasteiger charge is 2.26. The van der Waals surface area contributed by atoms with Gasteiger partial charge in [0.05, 0.1) is 19.3 Å². The Morgan fingerprint density at radius 3 is 2.12 bits per heavy atom. The molecule has 0 aliphatic carbocycles. The van der Waals surface area contributed by atoms with Crippen LogP contribution in [0.15, 0.2) is 91.0 Å². The van der Waals surface area contributed by atoms with Gasteiger partial charge in [-0.2, -0.15) is 0 Å². The van der Waals surface area contributed by atoms with E-state index in [0.717, 1.165) is 55.2 Å². The first kappa shape index (κ1) is 30.3. The molecular weight excluding hydrogens is 532 g/mol. The zero-order valence-electron chi connectivity index (χ0n) is 23.9. The number of benzene rings is 3. The summed E-state index contributed by atoms with van der Waals surface area (Å²) in [6.07, 6.45) is 9.91. The number of carbonyl (C=O) groups is 3. The Labute approximate surface area is 246 Å². The lowest BCUT2D eigenvalue weighted by Crippen LogP contribution is -2.08. The molecule has 1 unspecified atom stereocenters. The molecule has 7 heteroatoms. The molecule has 4 rings (SSSR count). The van der Waals surface area contributed by atoms with Crippen molar-refractivity contribution in [3.05, 3.63) is 102 Å². The average molecular weight is 569 g/mol. The summed E-state index contributed by atoms with van der Waals surface area (Å²) in [5.74, 6) is 0.0815. The molecule has 1 fully saturated rings. The molecule has 7 nitrogen and oxygen atoms in total. The SMILES string of the molecule is C=C1CC(CCCCCCCOc2ccc(C(=O)Oc3ccc(-c4ccc(/C=C/C(=O)OC)cc4)cc3)cc2)OC1=O. The molecule has 0 amide bonds. The maximum atomic E-state index is 12.6. The van der Waals surface area contributed by atoms with Crippen LogP contribution in [-0.4, -0.2) is 37.7 Å². The van der Waals surface area contributed by atoms with Gasteiger partial charge in [-0.25, -0.2) is 14.4 Å². The highest BCUT2D eigenvalue weighted by Crippen LogP contribution is 2.25. The van der Waals surface area contributed by atoms with Gasteiger partial charge in [0.15, 0.2) is 0 Å². The van der Waals surface area contributed by atoms with Crippen molar-refractivity contribution in [3.63, 3.8) is 0 Å². The van der Waals surface area contributed by atoms with Crippen molar-refractivity contribution in [1.29, 1.82) is 0 Å². The Kier molecular flexibility index (Phi) is 11.1. The zero-order valence-corrected chi connectivity index (χ0v) is 23.9. The van der Waals surface area contributed by atoms with Gasteiger partial charge in [0.25, 0.3) is 0 Å². The van der Waals surface area contributed by atoms with Crippen LogP contribution < -0.4 is 9.47 Å². The third-order valence-corrected chi connectivity index (χ3v) is 6.99. The minimum atomic E-state index is -0.437. The Balaban J connectivity index is 1.14. The molecule has 0 saturated carbocycles. The van der Waals surface area contributed by atoms with Crippen molar-refractivity contribution in [2.75, 3.05) is 13.7 Å². The molecule has 0 spiro atoms. The second kappa shape index (κ2) is 15.4. The third-order valence-electron chi connectivity index (χ3n) is 6.99. The Morgan fingerprint density at radius 1 is 0.857 bits per heavy atom. The summed E-state index contributed by atoms with van der Waals surface area (Å²) in [5.41, 5.74) is 3.89. The summed E-state index contributed by atoms with van der Waals surface area (Å²) in [5, 5.41) is 0. The van der Waals surface area contributed by atoms with Gasteiger partial charge < -0.3 is 18.9 Å². The summed E-state index contributed by atoms with van der Waals surface area (Å²) >= 11 is 0. The van der Waals surface area contributed by atoms with Crippen LogP contribution in [0.2, 0.25) is 0 Å². The van der Waals surface area contributed by atoms with Crippen molar-refractivity contribution >= 4 is 24.0 Å². The van der Waals surface area contributed by atoms with Gasteiger partial charge in [-0.05, 0) is 78.4 Å². The number of ether oxygens (including phenoxy) is 4. The molecular formula is C35H36O7. The smallest absolute Gasteiger partial charge is 0.343 e. The van der Waals surface area contributed by atoms with Crippen LogP contribution in [0.1, 0.15) is 60.9 Å². The fourth-order valence-corrected chi connectivity index (χ4v) is 4.58. The van der Waals surface area contributed by atoms with Crippen LogP contribution in [0.5, 0.6) is 11.5 Å². The van der Waals surface area contributed by atoms with E-state index >= 15 is 0 Å². The number of hydrogen-bond acceptors (Lipinski definition) is 7. The van der Waals surface area contributed by atoms with E-state index in [0.29, 0.717) is 35.7 Å². The summed E-state index contributed by atoms with van der Waals surface area (Å²) in [4.78, 5) is 35.2. The maximum absolute atomic E-state index is 12.6. The lowest BCUT2D eigenvalue weighted by molar-refractivity contribution is -0.139. The number of cyclic esters (lactones) is 1. The minimum absolute atomic E-state index is 0.00833. The molecule has 0 bridgehead atoms. The quantitative estimate of drug-likeness (QED) is 0.0869. The Hall–Kier alpha value is -4.65. The highest BCUT2D eigenvalue weighted by atomic mass is 16.6. The van der Waals surface area contributed by atoms with Gasteiger partial charge in [0, 0.05) is 18.1 Å². The van der Waals surface area contributed by atoms with Crippen molar-refractivity contribution < 1.29 is 33.3 Å². The minimum Gasteiger partial charge on any atom is -0.494 e. The Morgan fingerprint density at radius 2 is 1.48 bits per heavy atom. The van der Waals surface area contributed by atoms with Crippen LogP contribution in [0.3, 0.4) is 0 Å². The van der Waals surface area contributed by atoms with Gasteiger partial charge in [-0.15, -0.1) is 0 Å². The van der Waals surface area contributed by atoms with Gasteiger partial charge in [0.2, 0.25) is 0 Å². The molecule has 1 aliphatic rings. The lowest BCUT2D eigenvalue weighted by Gasteiger charge is -2.09. The van der Waals surface area contributed by atoms with Crippen molar-refractivity contribution in [2.24, 2.45) is 0 Å². The monoisotopic (exact) mass is 568 g/mol. The van der Waals surface area contributed by atoms with Crippen LogP contribution in [0, 0.1) is 0 Å². The predicted octanol–water partition coefficient (Wildman–Crippen LogP) is 7.35. The number of carbonyl (C=O) groups excluding carboxylic acids is 3. The van der Waals surface area contributed by atoms with Crippen LogP contribution in [0.4, 0.5) is 0 Å². The van der Waals surface area contributed by atoms with Crippen molar-refractivity contribution in [2.45, 2.75) is 51.0 Å². The first-order valence-electron chi connectivity index (χ1n) is 14.2. The van der Waals surface area contributed by atoms with E-state index in [2.05, 4.69) is 11.3 Å². The normalized spacial score (nSPS) is 14.5. The molecule has 1 aliphatic heterocycles. The second-order valence-corrected chi connectivity index (χ2v) is 10.2. The molecule has 1 saturated heterocycles. The highest BCUT2D eigenvalue weighted by molar-refractivity contribution is 5.91. The van der Waals surface area contributed by atoms with E-state index in [9.17, 15) is 14.4 Å². The predicted molar refractivity (Wildman–Crippen MR) is 161 cm³/mol. The van der Waals surface area contributed by atoms with E-state index < -0.39 is 11.9 Å². The molecule has 3 aromatic carbocycles. The van der Waals surface area contributed by atoms with Crippen LogP contribution in [0.25, 0.3) is 17.2 Å². The third kappa shape index (κ3) is 9.20. The van der Waals surface area contributed by atoms with E-state index in [-0.39, 0.29) is 12.1 Å². The molecule has 0 N–H and O–H groups in total. The fourth-order valence-electron chi connectivity index (χ4n) is 4.58. The first-order chi connectivity index (χ1) is 20.4.